The number of benzene rings is 2. The predicted octanol–water partition coefficient (Wildman–Crippen LogP) is 4.32. The van der Waals surface area contributed by atoms with Crippen LogP contribution in [0.2, 0.25) is 0 Å². The molecule has 198 valence electrons. The Morgan fingerprint density at radius 2 is 1.71 bits per heavy atom. The van der Waals surface area contributed by atoms with E-state index in [0.717, 1.165) is 11.1 Å². The Labute approximate surface area is 220 Å². The van der Waals surface area contributed by atoms with Crippen LogP contribution >= 0.6 is 0 Å². The molecule has 0 spiro atoms. The van der Waals surface area contributed by atoms with E-state index in [0.29, 0.717) is 22.2 Å². The topological polar surface area (TPSA) is 131 Å². The van der Waals surface area contributed by atoms with Crippen LogP contribution in [0.3, 0.4) is 0 Å². The van der Waals surface area contributed by atoms with Crippen LogP contribution in [0.5, 0.6) is 0 Å². The molecule has 4 rings (SSSR count). The molecular weight excluding hydrogens is 488 g/mol. The zero-order valence-electron chi connectivity index (χ0n) is 21.6. The molecule has 11 nitrogen and oxygen atoms in total. The summed E-state index contributed by atoms with van der Waals surface area (Å²) in [7, 11) is 0. The van der Waals surface area contributed by atoms with Crippen molar-refractivity contribution in [1.29, 1.82) is 0 Å². The fraction of sp³-hybridized carbons (Fsp3) is 0.259. The summed E-state index contributed by atoms with van der Waals surface area (Å²) < 4.78 is 5.14. The standard InChI is InChI=1S/C27H30N6O5/c1-18-7-11-20(12-8-18)29-25(35)33(37)24-27(3,4)31(17-23(34)30-28-16-22-6-5-15-38-22)26(36)32(24)21-13-9-19(2)10-14-21/h5-16,24,37H,17H2,1-4H3,(H,29,35)(H,30,34). The van der Waals surface area contributed by atoms with Crippen molar-refractivity contribution in [2.24, 2.45) is 5.10 Å². The molecular formula is C27H30N6O5. The van der Waals surface area contributed by atoms with Gasteiger partial charge in [-0.05, 0) is 64.1 Å². The van der Waals surface area contributed by atoms with Crippen LogP contribution in [0, 0.1) is 13.8 Å². The van der Waals surface area contributed by atoms with Crippen molar-refractivity contribution in [2.45, 2.75) is 39.4 Å². The highest BCUT2D eigenvalue weighted by atomic mass is 16.5. The van der Waals surface area contributed by atoms with Gasteiger partial charge in [0, 0.05) is 11.4 Å². The average Bonchev–Trinajstić information content (AvgIpc) is 3.46. The third-order valence-corrected chi connectivity index (χ3v) is 6.29. The quantitative estimate of drug-likeness (QED) is 0.244. The summed E-state index contributed by atoms with van der Waals surface area (Å²) in [6.07, 6.45) is 1.65. The lowest BCUT2D eigenvalue weighted by molar-refractivity contribution is -0.124. The molecule has 1 aliphatic heterocycles. The van der Waals surface area contributed by atoms with E-state index in [4.69, 9.17) is 4.42 Å². The van der Waals surface area contributed by atoms with Crippen LogP contribution in [-0.4, -0.2) is 57.6 Å². The number of hydroxylamine groups is 2. The zero-order chi connectivity index (χ0) is 27.4. The molecule has 0 bridgehead atoms. The van der Waals surface area contributed by atoms with Gasteiger partial charge in [0.1, 0.15) is 12.3 Å². The summed E-state index contributed by atoms with van der Waals surface area (Å²) in [5, 5.41) is 18.1. The van der Waals surface area contributed by atoms with Gasteiger partial charge in [-0.1, -0.05) is 35.4 Å². The SMILES string of the molecule is Cc1ccc(NC(=O)N(O)C2N(c3ccc(C)cc3)C(=O)N(CC(=O)NN=Cc3ccco3)C2(C)C)cc1. The Bertz CT molecular complexity index is 1320. The highest BCUT2D eigenvalue weighted by Gasteiger charge is 2.56. The van der Waals surface area contributed by atoms with Gasteiger partial charge in [0.15, 0.2) is 6.17 Å². The molecule has 3 N–H and O–H groups in total. The number of urea groups is 2. The van der Waals surface area contributed by atoms with Gasteiger partial charge in [-0.3, -0.25) is 14.9 Å². The van der Waals surface area contributed by atoms with Gasteiger partial charge in [-0.15, -0.1) is 0 Å². The minimum Gasteiger partial charge on any atom is -0.463 e. The number of hydrazone groups is 1. The second-order valence-corrected chi connectivity index (χ2v) is 9.55. The number of aryl methyl sites for hydroxylation is 2. The maximum absolute atomic E-state index is 13.7. The largest absolute Gasteiger partial charge is 0.463 e. The molecule has 1 aliphatic rings. The van der Waals surface area contributed by atoms with E-state index in [2.05, 4.69) is 15.8 Å². The highest BCUT2D eigenvalue weighted by molar-refractivity contribution is 6.00. The first-order chi connectivity index (χ1) is 18.1. The van der Waals surface area contributed by atoms with Crippen molar-refractivity contribution in [1.82, 2.24) is 15.4 Å². The zero-order valence-corrected chi connectivity index (χ0v) is 21.6. The smallest absolute Gasteiger partial charge is 0.347 e. The summed E-state index contributed by atoms with van der Waals surface area (Å²) in [6, 6.07) is 16.1. The third-order valence-electron chi connectivity index (χ3n) is 6.29. The van der Waals surface area contributed by atoms with E-state index < -0.39 is 29.7 Å². The number of furan rings is 1. The normalized spacial score (nSPS) is 16.7. The molecule has 1 aromatic heterocycles. The van der Waals surface area contributed by atoms with Crippen molar-refractivity contribution < 1.29 is 24.0 Å². The Morgan fingerprint density at radius 3 is 2.32 bits per heavy atom. The van der Waals surface area contributed by atoms with E-state index in [1.165, 1.54) is 22.3 Å². The van der Waals surface area contributed by atoms with Gasteiger partial charge >= 0.3 is 12.1 Å². The first-order valence-electron chi connectivity index (χ1n) is 12.0. The molecule has 1 atom stereocenters. The maximum atomic E-state index is 13.7. The summed E-state index contributed by atoms with van der Waals surface area (Å²) in [5.74, 6) is -0.115. The molecule has 1 saturated heterocycles. The van der Waals surface area contributed by atoms with Gasteiger partial charge in [0.05, 0.1) is 18.0 Å². The number of hydrogen-bond donors (Lipinski definition) is 3. The van der Waals surface area contributed by atoms with Crippen LogP contribution in [0.1, 0.15) is 30.7 Å². The second kappa shape index (κ2) is 10.8. The van der Waals surface area contributed by atoms with Crippen molar-refractivity contribution >= 4 is 35.6 Å². The Hall–Kier alpha value is -4.64. The molecule has 5 amide bonds. The van der Waals surface area contributed by atoms with Crippen molar-refractivity contribution in [3.05, 3.63) is 83.8 Å². The lowest BCUT2D eigenvalue weighted by Gasteiger charge is -2.38. The van der Waals surface area contributed by atoms with Gasteiger partial charge < -0.3 is 14.6 Å². The number of amides is 5. The molecule has 0 radical (unpaired) electrons. The van der Waals surface area contributed by atoms with Crippen LogP contribution in [0.4, 0.5) is 21.0 Å². The Balaban J connectivity index is 1.59. The summed E-state index contributed by atoms with van der Waals surface area (Å²) >= 11 is 0. The summed E-state index contributed by atoms with van der Waals surface area (Å²) in [5.41, 5.74) is 4.11. The predicted molar refractivity (Wildman–Crippen MR) is 142 cm³/mol. The highest BCUT2D eigenvalue weighted by Crippen LogP contribution is 2.38. The number of carbonyl (C=O) groups is 3. The lowest BCUT2D eigenvalue weighted by atomic mass is 9.99. The Morgan fingerprint density at radius 1 is 1.08 bits per heavy atom. The van der Waals surface area contributed by atoms with E-state index in [1.54, 1.807) is 50.2 Å². The molecule has 2 aromatic carbocycles. The second-order valence-electron chi connectivity index (χ2n) is 9.55. The van der Waals surface area contributed by atoms with Gasteiger partial charge in [-0.25, -0.2) is 15.0 Å². The van der Waals surface area contributed by atoms with E-state index in [1.807, 2.05) is 38.1 Å². The summed E-state index contributed by atoms with van der Waals surface area (Å²) in [4.78, 5) is 42.1. The average molecular weight is 519 g/mol. The minimum atomic E-state index is -1.19. The van der Waals surface area contributed by atoms with Crippen LogP contribution in [-0.2, 0) is 4.79 Å². The number of anilines is 2. The lowest BCUT2D eigenvalue weighted by Crippen LogP contribution is -2.58. The molecule has 3 aromatic rings. The molecule has 38 heavy (non-hydrogen) atoms. The molecule has 1 unspecified atom stereocenters. The van der Waals surface area contributed by atoms with Crippen molar-refractivity contribution in [3.8, 4) is 0 Å². The number of rotatable bonds is 7. The van der Waals surface area contributed by atoms with E-state index >= 15 is 0 Å². The summed E-state index contributed by atoms with van der Waals surface area (Å²) in [6.45, 7) is 6.80. The minimum absolute atomic E-state index is 0.367. The van der Waals surface area contributed by atoms with Crippen molar-refractivity contribution in [2.75, 3.05) is 16.8 Å². The van der Waals surface area contributed by atoms with Crippen LogP contribution < -0.4 is 15.6 Å². The van der Waals surface area contributed by atoms with Gasteiger partial charge in [0.25, 0.3) is 5.91 Å². The van der Waals surface area contributed by atoms with E-state index in [-0.39, 0.29) is 6.54 Å². The van der Waals surface area contributed by atoms with Crippen LogP contribution in [0.25, 0.3) is 0 Å². The number of nitrogens with one attached hydrogen (secondary N) is 2. The van der Waals surface area contributed by atoms with Crippen molar-refractivity contribution in [3.63, 3.8) is 0 Å². The third kappa shape index (κ3) is 5.52. The van der Waals surface area contributed by atoms with Gasteiger partial charge in [-0.2, -0.15) is 10.2 Å². The van der Waals surface area contributed by atoms with Gasteiger partial charge in [0.2, 0.25) is 0 Å². The monoisotopic (exact) mass is 518 g/mol. The first-order valence-corrected chi connectivity index (χ1v) is 12.0. The van der Waals surface area contributed by atoms with E-state index in [9.17, 15) is 19.6 Å². The number of carbonyl (C=O) groups excluding carboxylic acids is 3. The fourth-order valence-corrected chi connectivity index (χ4v) is 4.21. The first kappa shape index (κ1) is 26.4. The molecule has 11 heteroatoms. The molecule has 2 heterocycles. The molecule has 1 fully saturated rings. The fourth-order valence-electron chi connectivity index (χ4n) is 4.21. The van der Waals surface area contributed by atoms with Crippen LogP contribution in [0.15, 0.2) is 76.4 Å². The maximum Gasteiger partial charge on any atom is 0.347 e. The number of nitrogens with zero attached hydrogens (tertiary/aromatic N) is 4. The Kier molecular flexibility index (Phi) is 7.49. The number of hydrogen-bond acceptors (Lipinski definition) is 6. The molecule has 0 aliphatic carbocycles. The molecule has 0 saturated carbocycles.